The average Bonchev–Trinajstić information content (AvgIpc) is 2.31. The molecule has 0 fully saturated rings. The van der Waals surface area contributed by atoms with Gasteiger partial charge in [0.15, 0.2) is 0 Å². The van der Waals surface area contributed by atoms with Gasteiger partial charge in [0.2, 0.25) is 10.0 Å². The summed E-state index contributed by atoms with van der Waals surface area (Å²) < 4.78 is 25.4. The SMILES string of the molecule is CCCNCc1cc(S(=O)(=O)N(C)C)c(Cl)cc1Cl. The first-order chi connectivity index (χ1) is 8.80. The van der Waals surface area contributed by atoms with Gasteiger partial charge in [-0.1, -0.05) is 30.1 Å². The Hall–Kier alpha value is -0.330. The Morgan fingerprint density at radius 3 is 2.37 bits per heavy atom. The molecule has 108 valence electrons. The molecule has 0 saturated carbocycles. The van der Waals surface area contributed by atoms with Gasteiger partial charge in [0.1, 0.15) is 4.90 Å². The van der Waals surface area contributed by atoms with Crippen LogP contribution in [-0.2, 0) is 16.6 Å². The Bertz CT molecular complexity index is 545. The van der Waals surface area contributed by atoms with Gasteiger partial charge in [-0.2, -0.15) is 0 Å². The van der Waals surface area contributed by atoms with Crippen molar-refractivity contribution in [1.82, 2.24) is 9.62 Å². The molecular weight excluding hydrogens is 307 g/mol. The highest BCUT2D eigenvalue weighted by molar-refractivity contribution is 7.89. The van der Waals surface area contributed by atoms with Crippen molar-refractivity contribution in [3.8, 4) is 0 Å². The predicted molar refractivity (Wildman–Crippen MR) is 79.3 cm³/mol. The number of hydrogen-bond acceptors (Lipinski definition) is 3. The Balaban J connectivity index is 3.17. The summed E-state index contributed by atoms with van der Waals surface area (Å²) in [6, 6.07) is 3.01. The molecule has 4 nitrogen and oxygen atoms in total. The molecule has 1 aromatic rings. The van der Waals surface area contributed by atoms with Crippen LogP contribution in [0.4, 0.5) is 0 Å². The van der Waals surface area contributed by atoms with Crippen LogP contribution in [0.5, 0.6) is 0 Å². The Labute approximate surface area is 124 Å². The second-order valence-electron chi connectivity index (χ2n) is 4.34. The molecule has 0 heterocycles. The van der Waals surface area contributed by atoms with Crippen LogP contribution in [-0.4, -0.2) is 33.4 Å². The lowest BCUT2D eigenvalue weighted by molar-refractivity contribution is 0.520. The summed E-state index contributed by atoms with van der Waals surface area (Å²) >= 11 is 12.1. The first kappa shape index (κ1) is 16.7. The van der Waals surface area contributed by atoms with Gasteiger partial charge in [-0.15, -0.1) is 0 Å². The molecule has 7 heteroatoms. The van der Waals surface area contributed by atoms with Crippen LogP contribution in [0, 0.1) is 0 Å². The Kier molecular flexibility index (Phi) is 6.08. The lowest BCUT2D eigenvalue weighted by Gasteiger charge is -2.15. The minimum absolute atomic E-state index is 0.0804. The predicted octanol–water partition coefficient (Wildman–Crippen LogP) is 2.74. The monoisotopic (exact) mass is 324 g/mol. The summed E-state index contributed by atoms with van der Waals surface area (Å²) in [5.41, 5.74) is 0.722. The van der Waals surface area contributed by atoms with E-state index in [1.54, 1.807) is 0 Å². The third-order valence-corrected chi connectivity index (χ3v) is 5.23. The molecule has 0 aliphatic carbocycles. The van der Waals surface area contributed by atoms with E-state index < -0.39 is 10.0 Å². The van der Waals surface area contributed by atoms with E-state index in [4.69, 9.17) is 23.2 Å². The number of hydrogen-bond donors (Lipinski definition) is 1. The normalized spacial score (nSPS) is 12.1. The van der Waals surface area contributed by atoms with Crippen molar-refractivity contribution in [2.24, 2.45) is 0 Å². The summed E-state index contributed by atoms with van der Waals surface area (Å²) in [6.07, 6.45) is 0.994. The molecule has 0 atom stereocenters. The van der Waals surface area contributed by atoms with Crippen molar-refractivity contribution in [3.05, 3.63) is 27.7 Å². The van der Waals surface area contributed by atoms with Gasteiger partial charge in [0.05, 0.1) is 5.02 Å². The fraction of sp³-hybridized carbons (Fsp3) is 0.500. The molecule has 1 aromatic carbocycles. The van der Waals surface area contributed by atoms with Gasteiger partial charge >= 0.3 is 0 Å². The topological polar surface area (TPSA) is 49.4 Å². The molecule has 19 heavy (non-hydrogen) atoms. The van der Waals surface area contributed by atoms with E-state index in [2.05, 4.69) is 12.2 Å². The molecule has 0 aromatic heterocycles. The summed E-state index contributed by atoms with van der Waals surface area (Å²) in [7, 11) is -0.627. The third-order valence-electron chi connectivity index (χ3n) is 2.60. The highest BCUT2D eigenvalue weighted by atomic mass is 35.5. The number of benzene rings is 1. The number of halogens is 2. The maximum absolute atomic E-state index is 12.1. The minimum atomic E-state index is -3.56. The fourth-order valence-electron chi connectivity index (χ4n) is 1.50. The molecule has 0 amide bonds. The molecule has 0 aliphatic heterocycles. The van der Waals surface area contributed by atoms with E-state index >= 15 is 0 Å². The van der Waals surface area contributed by atoms with Gasteiger partial charge < -0.3 is 5.32 Å². The van der Waals surface area contributed by atoms with E-state index in [-0.39, 0.29) is 9.92 Å². The molecule has 0 aliphatic rings. The van der Waals surface area contributed by atoms with Crippen LogP contribution in [0.2, 0.25) is 10.0 Å². The summed E-state index contributed by atoms with van der Waals surface area (Å²) in [4.78, 5) is 0.0804. The van der Waals surface area contributed by atoms with Gasteiger partial charge in [-0.05, 0) is 30.7 Å². The fourth-order valence-corrected chi connectivity index (χ4v) is 3.23. The molecule has 0 bridgehead atoms. The number of nitrogens with zero attached hydrogens (tertiary/aromatic N) is 1. The minimum Gasteiger partial charge on any atom is -0.313 e. The van der Waals surface area contributed by atoms with Crippen molar-refractivity contribution in [2.45, 2.75) is 24.8 Å². The van der Waals surface area contributed by atoms with Crippen molar-refractivity contribution >= 4 is 33.2 Å². The smallest absolute Gasteiger partial charge is 0.244 e. The molecule has 1 rings (SSSR count). The zero-order chi connectivity index (χ0) is 14.6. The summed E-state index contributed by atoms with van der Waals surface area (Å²) in [6.45, 7) is 3.41. The molecule has 1 N–H and O–H groups in total. The van der Waals surface area contributed by atoms with Crippen LogP contribution in [0.15, 0.2) is 17.0 Å². The van der Waals surface area contributed by atoms with Gasteiger partial charge in [0, 0.05) is 25.7 Å². The van der Waals surface area contributed by atoms with E-state index in [0.717, 1.165) is 22.8 Å². The van der Waals surface area contributed by atoms with E-state index in [0.29, 0.717) is 11.6 Å². The van der Waals surface area contributed by atoms with Crippen LogP contribution < -0.4 is 5.32 Å². The van der Waals surface area contributed by atoms with Crippen LogP contribution in [0.25, 0.3) is 0 Å². The Morgan fingerprint density at radius 2 is 1.84 bits per heavy atom. The van der Waals surface area contributed by atoms with Crippen LogP contribution in [0.1, 0.15) is 18.9 Å². The first-order valence-electron chi connectivity index (χ1n) is 5.91. The van der Waals surface area contributed by atoms with Gasteiger partial charge in [-0.3, -0.25) is 0 Å². The van der Waals surface area contributed by atoms with E-state index in [1.807, 2.05) is 0 Å². The maximum atomic E-state index is 12.1. The lowest BCUT2D eigenvalue weighted by Crippen LogP contribution is -2.23. The lowest BCUT2D eigenvalue weighted by atomic mass is 10.2. The second-order valence-corrected chi connectivity index (χ2v) is 7.27. The molecule has 0 unspecified atom stereocenters. The number of nitrogens with one attached hydrogen (secondary N) is 1. The number of sulfonamides is 1. The first-order valence-corrected chi connectivity index (χ1v) is 8.11. The van der Waals surface area contributed by atoms with Gasteiger partial charge in [-0.25, -0.2) is 12.7 Å². The largest absolute Gasteiger partial charge is 0.313 e. The van der Waals surface area contributed by atoms with E-state index in [1.165, 1.54) is 26.2 Å². The molecule has 0 saturated heterocycles. The third kappa shape index (κ3) is 4.07. The Morgan fingerprint density at radius 1 is 1.21 bits per heavy atom. The summed E-state index contributed by atoms with van der Waals surface area (Å²) in [5.74, 6) is 0. The maximum Gasteiger partial charge on any atom is 0.244 e. The standard InChI is InChI=1S/C12H18Cl2N2O2S/c1-4-5-15-8-9-6-12(11(14)7-10(9)13)19(17,18)16(2)3/h6-7,15H,4-5,8H2,1-3H3. The molecular formula is C12H18Cl2N2O2S. The second kappa shape index (κ2) is 6.90. The molecule has 0 spiro atoms. The summed E-state index contributed by atoms with van der Waals surface area (Å²) in [5, 5.41) is 3.78. The van der Waals surface area contributed by atoms with Crippen molar-refractivity contribution in [3.63, 3.8) is 0 Å². The van der Waals surface area contributed by atoms with Crippen molar-refractivity contribution in [2.75, 3.05) is 20.6 Å². The zero-order valence-corrected chi connectivity index (χ0v) is 13.5. The van der Waals surface area contributed by atoms with Crippen LogP contribution >= 0.6 is 23.2 Å². The van der Waals surface area contributed by atoms with Crippen molar-refractivity contribution < 1.29 is 8.42 Å². The zero-order valence-electron chi connectivity index (χ0n) is 11.2. The quantitative estimate of drug-likeness (QED) is 0.818. The number of rotatable bonds is 6. The highest BCUT2D eigenvalue weighted by Crippen LogP contribution is 2.29. The molecule has 0 radical (unpaired) electrons. The average molecular weight is 325 g/mol. The highest BCUT2D eigenvalue weighted by Gasteiger charge is 2.22. The van der Waals surface area contributed by atoms with Gasteiger partial charge in [0.25, 0.3) is 0 Å². The van der Waals surface area contributed by atoms with Crippen LogP contribution in [0.3, 0.4) is 0 Å². The van der Waals surface area contributed by atoms with Crippen molar-refractivity contribution in [1.29, 1.82) is 0 Å². The van der Waals surface area contributed by atoms with E-state index in [9.17, 15) is 8.42 Å².